The molecule has 20 heavy (non-hydrogen) atoms. The van der Waals surface area contributed by atoms with Crippen molar-refractivity contribution in [2.75, 3.05) is 23.7 Å². The maximum Gasteiger partial charge on any atom is 0.162 e. The first-order chi connectivity index (χ1) is 9.69. The van der Waals surface area contributed by atoms with Crippen LogP contribution in [0.25, 0.3) is 0 Å². The summed E-state index contributed by atoms with van der Waals surface area (Å²) in [5.41, 5.74) is 7.21. The van der Waals surface area contributed by atoms with E-state index in [9.17, 15) is 0 Å². The van der Waals surface area contributed by atoms with E-state index in [0.29, 0.717) is 22.5 Å². The average Bonchev–Trinajstić information content (AvgIpc) is 3.05. The fraction of sp³-hybridized carbons (Fsp3) is 0.417. The van der Waals surface area contributed by atoms with Gasteiger partial charge in [0.15, 0.2) is 5.15 Å². The van der Waals surface area contributed by atoms with E-state index in [1.165, 1.54) is 11.5 Å². The number of hydrogen-bond donors (Lipinski definition) is 2. The molecular weight excluding hydrogens is 296 g/mol. The summed E-state index contributed by atoms with van der Waals surface area (Å²) < 4.78 is 4.05. The third-order valence-corrected chi connectivity index (χ3v) is 4.87. The van der Waals surface area contributed by atoms with E-state index in [-0.39, 0.29) is 0 Å². The maximum atomic E-state index is 9.13. The van der Waals surface area contributed by atoms with Crippen molar-refractivity contribution in [1.29, 1.82) is 5.26 Å². The van der Waals surface area contributed by atoms with Gasteiger partial charge in [0.1, 0.15) is 22.5 Å². The van der Waals surface area contributed by atoms with E-state index >= 15 is 0 Å². The SMILES string of the molecule is N#Cc1c(Cl)nsc1N1CCC(c2cc(N)n[nH]2)CC1. The van der Waals surface area contributed by atoms with Crippen molar-refractivity contribution >= 4 is 34.0 Å². The monoisotopic (exact) mass is 308 g/mol. The molecule has 2 aromatic heterocycles. The number of aromatic amines is 1. The highest BCUT2D eigenvalue weighted by atomic mass is 35.5. The summed E-state index contributed by atoms with van der Waals surface area (Å²) in [6.45, 7) is 1.74. The lowest BCUT2D eigenvalue weighted by molar-refractivity contribution is 0.497. The van der Waals surface area contributed by atoms with Crippen LogP contribution >= 0.6 is 23.1 Å². The topological polar surface area (TPSA) is 94.6 Å². The average molecular weight is 309 g/mol. The summed E-state index contributed by atoms with van der Waals surface area (Å²) >= 11 is 7.20. The minimum Gasteiger partial charge on any atom is -0.382 e. The second-order valence-corrected chi connectivity index (χ2v) is 5.88. The lowest BCUT2D eigenvalue weighted by atomic mass is 9.93. The number of H-pyrrole nitrogens is 1. The lowest BCUT2D eigenvalue weighted by Gasteiger charge is -2.31. The molecule has 3 rings (SSSR count). The van der Waals surface area contributed by atoms with Crippen molar-refractivity contribution in [3.63, 3.8) is 0 Å². The van der Waals surface area contributed by atoms with Gasteiger partial charge in [0.2, 0.25) is 0 Å². The normalized spacial score (nSPS) is 16.3. The van der Waals surface area contributed by atoms with Crippen LogP contribution in [0.2, 0.25) is 5.15 Å². The van der Waals surface area contributed by atoms with Crippen LogP contribution in [0.1, 0.15) is 30.0 Å². The number of anilines is 2. The molecule has 0 spiro atoms. The number of rotatable bonds is 2. The van der Waals surface area contributed by atoms with Gasteiger partial charge in [-0.05, 0) is 24.4 Å². The Balaban J connectivity index is 1.71. The minimum atomic E-state index is 0.302. The molecule has 0 atom stereocenters. The Morgan fingerprint density at radius 3 is 2.85 bits per heavy atom. The molecule has 3 N–H and O–H groups in total. The van der Waals surface area contributed by atoms with Crippen LogP contribution in [0.15, 0.2) is 6.07 Å². The largest absolute Gasteiger partial charge is 0.382 e. The maximum absolute atomic E-state index is 9.13. The first-order valence-electron chi connectivity index (χ1n) is 6.30. The zero-order valence-corrected chi connectivity index (χ0v) is 12.2. The standard InChI is InChI=1S/C12H13ClN6S/c13-11-8(6-14)12(20-18-11)19-3-1-7(2-4-19)9-5-10(15)17-16-9/h5,7H,1-4H2,(H3,15,16,17). The molecule has 0 amide bonds. The zero-order valence-electron chi connectivity index (χ0n) is 10.6. The third-order valence-electron chi connectivity index (χ3n) is 3.58. The van der Waals surface area contributed by atoms with Crippen molar-refractivity contribution < 1.29 is 0 Å². The first-order valence-corrected chi connectivity index (χ1v) is 7.45. The van der Waals surface area contributed by atoms with E-state index in [2.05, 4.69) is 25.5 Å². The van der Waals surface area contributed by atoms with E-state index in [4.69, 9.17) is 22.6 Å². The van der Waals surface area contributed by atoms with E-state index in [0.717, 1.165) is 36.6 Å². The number of aromatic nitrogens is 3. The van der Waals surface area contributed by atoms with Gasteiger partial charge in [0.05, 0.1) is 0 Å². The summed E-state index contributed by atoms with van der Waals surface area (Å²) in [5, 5.41) is 17.3. The molecule has 3 heterocycles. The number of nitriles is 1. The summed E-state index contributed by atoms with van der Waals surface area (Å²) in [6, 6.07) is 4.02. The Hall–Kier alpha value is -1.78. The minimum absolute atomic E-state index is 0.302. The van der Waals surface area contributed by atoms with Crippen LogP contribution in [-0.4, -0.2) is 27.7 Å². The molecule has 1 aliphatic heterocycles. The molecule has 8 heteroatoms. The molecule has 0 aromatic carbocycles. The summed E-state index contributed by atoms with van der Waals surface area (Å²) in [7, 11) is 0. The van der Waals surface area contributed by atoms with Gasteiger partial charge in [-0.1, -0.05) is 11.6 Å². The van der Waals surface area contributed by atoms with Crippen LogP contribution in [0.5, 0.6) is 0 Å². The van der Waals surface area contributed by atoms with Crippen LogP contribution < -0.4 is 10.6 Å². The molecule has 0 saturated carbocycles. The molecular formula is C12H13ClN6S. The Morgan fingerprint density at radius 2 is 2.25 bits per heavy atom. The van der Waals surface area contributed by atoms with Crippen LogP contribution in [-0.2, 0) is 0 Å². The highest BCUT2D eigenvalue weighted by molar-refractivity contribution is 7.10. The van der Waals surface area contributed by atoms with Crippen LogP contribution in [0, 0.1) is 11.3 Å². The number of halogens is 1. The third kappa shape index (κ3) is 2.32. The van der Waals surface area contributed by atoms with Crippen molar-refractivity contribution in [2.45, 2.75) is 18.8 Å². The number of piperidine rings is 1. The van der Waals surface area contributed by atoms with Gasteiger partial charge in [-0.2, -0.15) is 14.7 Å². The predicted molar refractivity (Wildman–Crippen MR) is 79.0 cm³/mol. The molecule has 0 radical (unpaired) electrons. The molecule has 0 aliphatic carbocycles. The van der Waals surface area contributed by atoms with E-state index < -0.39 is 0 Å². The highest BCUT2D eigenvalue weighted by Gasteiger charge is 2.25. The van der Waals surface area contributed by atoms with Crippen molar-refractivity contribution in [3.8, 4) is 6.07 Å². The Bertz CT molecular complexity index is 649. The van der Waals surface area contributed by atoms with Crippen molar-refractivity contribution in [2.24, 2.45) is 0 Å². The van der Waals surface area contributed by atoms with Gasteiger partial charge in [-0.25, -0.2) is 0 Å². The fourth-order valence-corrected chi connectivity index (χ4v) is 3.61. The predicted octanol–water partition coefficient (Wildman–Crippen LogP) is 2.36. The summed E-state index contributed by atoms with van der Waals surface area (Å²) in [4.78, 5) is 2.18. The van der Waals surface area contributed by atoms with Gasteiger partial charge in [-0.3, -0.25) is 5.10 Å². The fourth-order valence-electron chi connectivity index (χ4n) is 2.53. The van der Waals surface area contributed by atoms with Crippen molar-refractivity contribution in [1.82, 2.24) is 14.6 Å². The molecule has 6 nitrogen and oxygen atoms in total. The molecule has 2 aromatic rings. The second kappa shape index (κ2) is 5.31. The molecule has 1 saturated heterocycles. The van der Waals surface area contributed by atoms with Gasteiger partial charge < -0.3 is 10.6 Å². The molecule has 0 bridgehead atoms. The van der Waals surface area contributed by atoms with Gasteiger partial charge >= 0.3 is 0 Å². The summed E-state index contributed by atoms with van der Waals surface area (Å²) in [6.07, 6.45) is 1.98. The molecule has 104 valence electrons. The molecule has 1 fully saturated rings. The zero-order chi connectivity index (χ0) is 14.1. The van der Waals surface area contributed by atoms with E-state index in [1.807, 2.05) is 6.07 Å². The lowest BCUT2D eigenvalue weighted by Crippen LogP contribution is -2.32. The summed E-state index contributed by atoms with van der Waals surface area (Å²) in [5.74, 6) is 0.966. The number of nitrogens with zero attached hydrogens (tertiary/aromatic N) is 4. The Labute approximate surface area is 125 Å². The van der Waals surface area contributed by atoms with Crippen LogP contribution in [0.3, 0.4) is 0 Å². The number of hydrogen-bond acceptors (Lipinski definition) is 6. The van der Waals surface area contributed by atoms with Gasteiger partial charge in [-0.15, -0.1) is 0 Å². The Morgan fingerprint density at radius 1 is 1.50 bits per heavy atom. The van der Waals surface area contributed by atoms with E-state index in [1.54, 1.807) is 0 Å². The van der Waals surface area contributed by atoms with Gasteiger partial charge in [0, 0.05) is 30.8 Å². The Kier molecular flexibility index (Phi) is 3.51. The molecule has 1 aliphatic rings. The van der Waals surface area contributed by atoms with Crippen LogP contribution in [0.4, 0.5) is 10.8 Å². The van der Waals surface area contributed by atoms with Crippen molar-refractivity contribution in [3.05, 3.63) is 22.5 Å². The number of nitrogen functional groups attached to an aromatic ring is 1. The second-order valence-electron chi connectivity index (χ2n) is 4.77. The quantitative estimate of drug-likeness (QED) is 0.888. The number of nitrogens with two attached hydrogens (primary N) is 1. The van der Waals surface area contributed by atoms with Gasteiger partial charge in [0.25, 0.3) is 0 Å². The smallest absolute Gasteiger partial charge is 0.162 e. The molecule has 0 unspecified atom stereocenters. The highest BCUT2D eigenvalue weighted by Crippen LogP contribution is 2.35. The first kappa shape index (κ1) is 13.2. The number of nitrogens with one attached hydrogen (secondary N) is 1.